The van der Waals surface area contributed by atoms with Gasteiger partial charge in [-0.3, -0.25) is 0 Å². The Morgan fingerprint density at radius 3 is 2.30 bits per heavy atom. The topological polar surface area (TPSA) is 74.2 Å². The van der Waals surface area contributed by atoms with Gasteiger partial charge in [0.1, 0.15) is 0 Å². The highest BCUT2D eigenvalue weighted by Gasteiger charge is 2.15. The average Bonchev–Trinajstić information content (AvgIpc) is 2.50. The zero-order chi connectivity index (χ0) is 15.0. The van der Waals surface area contributed by atoms with Gasteiger partial charge in [-0.1, -0.05) is 35.5 Å². The second-order valence-corrected chi connectivity index (χ2v) is 3.66. The maximum Gasteiger partial charge on any atom is 0.377 e. The zero-order valence-electron chi connectivity index (χ0n) is 11.5. The molecule has 0 amide bonds. The summed E-state index contributed by atoms with van der Waals surface area (Å²) in [5, 5.41) is 3.79. The molecule has 0 fully saturated rings. The lowest BCUT2D eigenvalue weighted by atomic mass is 10.1. The van der Waals surface area contributed by atoms with Crippen molar-refractivity contribution < 1.29 is 23.9 Å². The lowest BCUT2D eigenvalue weighted by Gasteiger charge is -2.04. The Morgan fingerprint density at radius 1 is 1.10 bits per heavy atom. The number of nitrogens with zero attached hydrogens (tertiary/aromatic N) is 1. The van der Waals surface area contributed by atoms with Gasteiger partial charge in [-0.05, 0) is 12.5 Å². The van der Waals surface area contributed by atoms with E-state index in [1.807, 2.05) is 30.3 Å². The van der Waals surface area contributed by atoms with E-state index in [0.717, 1.165) is 11.6 Å². The second-order valence-electron chi connectivity index (χ2n) is 3.66. The van der Waals surface area contributed by atoms with Gasteiger partial charge >= 0.3 is 11.9 Å². The van der Waals surface area contributed by atoms with Crippen molar-refractivity contribution in [3.8, 4) is 0 Å². The maximum atomic E-state index is 11.4. The molecule has 1 rings (SSSR count). The molecule has 0 N–H and O–H groups in total. The van der Waals surface area contributed by atoms with Crippen LogP contribution in [-0.2, 0) is 23.9 Å². The predicted molar refractivity (Wildman–Crippen MR) is 71.9 cm³/mol. The third-order valence-corrected chi connectivity index (χ3v) is 2.31. The summed E-state index contributed by atoms with van der Waals surface area (Å²) in [6.07, 6.45) is 0.869. The lowest BCUT2D eigenvalue weighted by Crippen LogP contribution is -2.10. The second kappa shape index (κ2) is 7.73. The van der Waals surface area contributed by atoms with E-state index in [0.29, 0.717) is 5.71 Å². The van der Waals surface area contributed by atoms with Crippen molar-refractivity contribution >= 4 is 17.7 Å². The van der Waals surface area contributed by atoms with Gasteiger partial charge in [0.2, 0.25) is 5.76 Å². The van der Waals surface area contributed by atoms with Crippen molar-refractivity contribution in [3.05, 3.63) is 47.7 Å². The molecule has 0 aliphatic carbocycles. The average molecular weight is 277 g/mol. The number of carbonyl (C=O) groups is 2. The normalized spacial score (nSPS) is 11.8. The highest BCUT2D eigenvalue weighted by atomic mass is 16.7. The maximum absolute atomic E-state index is 11.4. The number of hydrogen-bond donors (Lipinski definition) is 0. The van der Waals surface area contributed by atoms with E-state index in [9.17, 15) is 9.59 Å². The summed E-state index contributed by atoms with van der Waals surface area (Å²) in [6, 6.07) is 9.24. The Labute approximate surface area is 116 Å². The Bertz CT molecular complexity index is 534. The van der Waals surface area contributed by atoms with E-state index >= 15 is 0 Å². The Hall–Kier alpha value is -2.63. The molecule has 20 heavy (non-hydrogen) atoms. The third kappa shape index (κ3) is 4.56. The molecule has 0 aromatic heterocycles. The van der Waals surface area contributed by atoms with Crippen molar-refractivity contribution in [3.63, 3.8) is 0 Å². The lowest BCUT2D eigenvalue weighted by molar-refractivity contribution is -0.142. The molecule has 0 unspecified atom stereocenters. The first-order valence-electron chi connectivity index (χ1n) is 5.73. The van der Waals surface area contributed by atoms with Crippen LogP contribution in [0.3, 0.4) is 0 Å². The van der Waals surface area contributed by atoms with Crippen molar-refractivity contribution in [1.82, 2.24) is 0 Å². The number of benzene rings is 1. The van der Waals surface area contributed by atoms with Crippen molar-refractivity contribution in [1.29, 1.82) is 0 Å². The van der Waals surface area contributed by atoms with Crippen molar-refractivity contribution in [2.45, 2.75) is 6.92 Å². The fourth-order valence-corrected chi connectivity index (χ4v) is 1.24. The minimum Gasteiger partial charge on any atom is -0.466 e. The zero-order valence-corrected chi connectivity index (χ0v) is 11.5. The van der Waals surface area contributed by atoms with Crippen LogP contribution in [0.15, 0.2) is 47.3 Å². The van der Waals surface area contributed by atoms with E-state index in [4.69, 9.17) is 4.84 Å². The van der Waals surface area contributed by atoms with Gasteiger partial charge in [0.05, 0.1) is 26.0 Å². The molecule has 0 atom stereocenters. The molecule has 0 heterocycles. The molecule has 0 aliphatic heterocycles. The number of methoxy groups -OCH3 is 2. The summed E-state index contributed by atoms with van der Waals surface area (Å²) < 4.78 is 8.90. The Morgan fingerprint density at radius 2 is 1.75 bits per heavy atom. The number of ether oxygens (including phenoxy) is 2. The van der Waals surface area contributed by atoms with Gasteiger partial charge in [0, 0.05) is 0 Å². The third-order valence-electron chi connectivity index (χ3n) is 2.31. The van der Waals surface area contributed by atoms with Crippen LogP contribution >= 0.6 is 0 Å². The quantitative estimate of drug-likeness (QED) is 0.269. The molecular formula is C14H15NO5. The molecular weight excluding hydrogens is 262 g/mol. The highest BCUT2D eigenvalue weighted by molar-refractivity contribution is 5.99. The largest absolute Gasteiger partial charge is 0.466 e. The van der Waals surface area contributed by atoms with Gasteiger partial charge in [-0.2, -0.15) is 0 Å². The number of rotatable bonds is 5. The fourth-order valence-electron chi connectivity index (χ4n) is 1.24. The van der Waals surface area contributed by atoms with Crippen LogP contribution in [0.25, 0.3) is 0 Å². The number of carbonyl (C=O) groups excluding carboxylic acids is 2. The predicted octanol–water partition coefficient (Wildman–Crippen LogP) is 1.66. The Balaban J connectivity index is 2.89. The molecule has 0 spiro atoms. The molecule has 1 aromatic carbocycles. The minimum absolute atomic E-state index is 0.352. The van der Waals surface area contributed by atoms with Crippen LogP contribution in [0, 0.1) is 0 Å². The molecule has 0 bridgehead atoms. The molecule has 0 aliphatic rings. The van der Waals surface area contributed by atoms with Crippen LogP contribution in [0.2, 0.25) is 0 Å². The number of esters is 2. The van der Waals surface area contributed by atoms with Gasteiger partial charge in [-0.25, -0.2) is 9.59 Å². The SMILES string of the molecule is COC(=O)/C=C(\O/N=C(\C)c1ccccc1)C(=O)OC. The van der Waals surface area contributed by atoms with Crippen LogP contribution in [-0.4, -0.2) is 31.9 Å². The monoisotopic (exact) mass is 277 g/mol. The molecule has 0 radical (unpaired) electrons. The van der Waals surface area contributed by atoms with E-state index < -0.39 is 11.9 Å². The molecule has 106 valence electrons. The van der Waals surface area contributed by atoms with E-state index in [-0.39, 0.29) is 5.76 Å². The summed E-state index contributed by atoms with van der Waals surface area (Å²) in [5.41, 5.74) is 1.38. The minimum atomic E-state index is -0.819. The van der Waals surface area contributed by atoms with Gasteiger partial charge in [0.25, 0.3) is 0 Å². The smallest absolute Gasteiger partial charge is 0.377 e. The molecule has 0 saturated carbocycles. The standard InChI is InChI=1S/C14H15NO5/c1-10(11-7-5-4-6-8-11)15-20-12(14(17)19-3)9-13(16)18-2/h4-9H,1-3H3/b12-9-,15-10+. The van der Waals surface area contributed by atoms with E-state index in [1.54, 1.807) is 6.92 Å². The van der Waals surface area contributed by atoms with Gasteiger partial charge in [0.15, 0.2) is 0 Å². The summed E-state index contributed by atoms with van der Waals surface area (Å²) in [7, 11) is 2.36. The molecule has 6 heteroatoms. The fraction of sp³-hybridized carbons (Fsp3) is 0.214. The summed E-state index contributed by atoms with van der Waals surface area (Å²) in [6.45, 7) is 1.71. The molecule has 6 nitrogen and oxygen atoms in total. The first-order chi connectivity index (χ1) is 9.58. The van der Waals surface area contributed by atoms with Gasteiger partial charge in [-0.15, -0.1) is 0 Å². The van der Waals surface area contributed by atoms with Crippen LogP contribution in [0.1, 0.15) is 12.5 Å². The highest BCUT2D eigenvalue weighted by Crippen LogP contribution is 2.06. The summed E-state index contributed by atoms with van der Waals surface area (Å²) in [4.78, 5) is 27.5. The van der Waals surface area contributed by atoms with E-state index in [1.165, 1.54) is 14.2 Å². The summed E-state index contributed by atoms with van der Waals surface area (Å²) >= 11 is 0. The van der Waals surface area contributed by atoms with Crippen LogP contribution in [0.5, 0.6) is 0 Å². The number of oxime groups is 1. The van der Waals surface area contributed by atoms with Crippen molar-refractivity contribution in [2.24, 2.45) is 5.16 Å². The Kier molecular flexibility index (Phi) is 5.96. The molecule has 1 aromatic rings. The van der Waals surface area contributed by atoms with E-state index in [2.05, 4.69) is 14.6 Å². The van der Waals surface area contributed by atoms with Crippen LogP contribution in [0.4, 0.5) is 0 Å². The van der Waals surface area contributed by atoms with Crippen molar-refractivity contribution in [2.75, 3.05) is 14.2 Å². The number of hydrogen-bond acceptors (Lipinski definition) is 6. The molecule has 0 saturated heterocycles. The first kappa shape index (κ1) is 15.4. The van der Waals surface area contributed by atoms with Crippen LogP contribution < -0.4 is 0 Å². The summed E-state index contributed by atoms with van der Waals surface area (Å²) in [5.74, 6) is -1.91. The van der Waals surface area contributed by atoms with Gasteiger partial charge < -0.3 is 14.3 Å². The first-order valence-corrected chi connectivity index (χ1v) is 5.73.